The van der Waals surface area contributed by atoms with E-state index in [0.717, 1.165) is 0 Å². The summed E-state index contributed by atoms with van der Waals surface area (Å²) in [6.45, 7) is 13.2. The van der Waals surface area contributed by atoms with Crippen LogP contribution in [-0.2, 0) is 9.31 Å². The highest BCUT2D eigenvalue weighted by Crippen LogP contribution is 2.37. The average Bonchev–Trinajstić information content (AvgIpc) is 3.10. The Morgan fingerprint density at radius 2 is 1.67 bits per heavy atom. The third-order valence-electron chi connectivity index (χ3n) is 5.23. The molecule has 2 aliphatic heterocycles. The molecule has 5 heteroatoms. The molecule has 0 bridgehead atoms. The highest BCUT2D eigenvalue weighted by Gasteiger charge is 2.52. The number of hydrogen-bond acceptors (Lipinski definition) is 4. The van der Waals surface area contributed by atoms with Gasteiger partial charge in [-0.15, -0.1) is 11.3 Å². The van der Waals surface area contributed by atoms with E-state index in [4.69, 9.17) is 9.31 Å². The molecule has 21 heavy (non-hydrogen) atoms. The maximum atomic E-state index is 6.14. The topological polar surface area (TPSA) is 21.7 Å². The summed E-state index contributed by atoms with van der Waals surface area (Å²) in [6, 6.07) is 4.93. The van der Waals surface area contributed by atoms with Crippen LogP contribution in [0.3, 0.4) is 0 Å². The molecule has 116 valence electrons. The maximum Gasteiger partial charge on any atom is 0.505 e. The van der Waals surface area contributed by atoms with E-state index >= 15 is 0 Å². The Balaban J connectivity index is 1.74. The molecule has 1 aromatic heterocycles. The fourth-order valence-electron chi connectivity index (χ4n) is 2.99. The predicted molar refractivity (Wildman–Crippen MR) is 89.3 cm³/mol. The van der Waals surface area contributed by atoms with E-state index in [-0.39, 0.29) is 18.3 Å². The number of likely N-dealkylation sites (tertiary alicyclic amines) is 1. The highest BCUT2D eigenvalue weighted by molar-refractivity contribution is 7.22. The van der Waals surface area contributed by atoms with Crippen LogP contribution in [0.25, 0.3) is 0 Å². The van der Waals surface area contributed by atoms with Gasteiger partial charge in [0.15, 0.2) is 0 Å². The van der Waals surface area contributed by atoms with Gasteiger partial charge >= 0.3 is 7.12 Å². The van der Waals surface area contributed by atoms with Crippen LogP contribution in [0, 0.1) is 0 Å². The molecule has 1 unspecified atom stereocenters. The van der Waals surface area contributed by atoms with E-state index in [9.17, 15) is 0 Å². The first-order valence-corrected chi connectivity index (χ1v) is 8.81. The number of rotatable bonds is 3. The number of thiophene rings is 1. The minimum Gasteiger partial charge on any atom is -0.399 e. The molecular weight excluding hydrogens is 281 g/mol. The fraction of sp³-hybridized carbons (Fsp3) is 0.750. The van der Waals surface area contributed by atoms with Crippen molar-refractivity contribution in [2.24, 2.45) is 0 Å². The zero-order valence-electron chi connectivity index (χ0n) is 13.8. The Hall–Kier alpha value is -0.355. The Morgan fingerprint density at radius 3 is 2.24 bits per heavy atom. The predicted octanol–water partition coefficient (Wildman–Crippen LogP) is 3.20. The Morgan fingerprint density at radius 1 is 1.10 bits per heavy atom. The van der Waals surface area contributed by atoms with Crippen molar-refractivity contribution in [3.63, 3.8) is 0 Å². The molecule has 0 aromatic carbocycles. The molecule has 3 rings (SSSR count). The summed E-state index contributed by atoms with van der Waals surface area (Å²) in [4.78, 5) is 3.99. The highest BCUT2D eigenvalue weighted by atomic mass is 32.1. The first-order valence-electron chi connectivity index (χ1n) is 7.99. The molecule has 3 nitrogen and oxygen atoms in total. The van der Waals surface area contributed by atoms with E-state index in [1.165, 1.54) is 35.6 Å². The van der Waals surface area contributed by atoms with Crippen molar-refractivity contribution in [2.75, 3.05) is 13.1 Å². The van der Waals surface area contributed by atoms with E-state index in [1.54, 1.807) is 0 Å². The van der Waals surface area contributed by atoms with Crippen molar-refractivity contribution in [3.05, 3.63) is 17.0 Å². The molecule has 0 N–H and O–H groups in total. The van der Waals surface area contributed by atoms with E-state index in [0.29, 0.717) is 6.04 Å². The molecule has 2 aliphatic rings. The van der Waals surface area contributed by atoms with Crippen molar-refractivity contribution in [1.82, 2.24) is 4.90 Å². The minimum atomic E-state index is -0.262. The first-order chi connectivity index (χ1) is 9.80. The van der Waals surface area contributed by atoms with Crippen molar-refractivity contribution < 1.29 is 9.31 Å². The van der Waals surface area contributed by atoms with Gasteiger partial charge < -0.3 is 9.31 Å². The van der Waals surface area contributed by atoms with Gasteiger partial charge in [0, 0.05) is 15.7 Å². The van der Waals surface area contributed by atoms with Gasteiger partial charge in [0.05, 0.1) is 11.2 Å². The van der Waals surface area contributed by atoms with Crippen molar-refractivity contribution >= 4 is 23.2 Å². The van der Waals surface area contributed by atoms with E-state index in [1.807, 2.05) is 11.3 Å². The summed E-state index contributed by atoms with van der Waals surface area (Å²) in [5, 5.41) is 0. The van der Waals surface area contributed by atoms with Crippen LogP contribution in [0.5, 0.6) is 0 Å². The van der Waals surface area contributed by atoms with Crippen LogP contribution in [0.2, 0.25) is 0 Å². The Kier molecular flexibility index (Phi) is 3.98. The lowest BCUT2D eigenvalue weighted by Crippen LogP contribution is -2.41. The molecule has 0 saturated carbocycles. The van der Waals surface area contributed by atoms with Gasteiger partial charge in [0.1, 0.15) is 0 Å². The van der Waals surface area contributed by atoms with Crippen molar-refractivity contribution in [2.45, 2.75) is 64.7 Å². The molecule has 1 aromatic rings. The second-order valence-corrected chi connectivity index (χ2v) is 8.39. The van der Waals surface area contributed by atoms with Gasteiger partial charge in [0.2, 0.25) is 0 Å². The zero-order valence-corrected chi connectivity index (χ0v) is 14.6. The smallest absolute Gasteiger partial charge is 0.399 e. The van der Waals surface area contributed by atoms with Crippen molar-refractivity contribution in [1.29, 1.82) is 0 Å². The number of hydrogen-bond donors (Lipinski definition) is 0. The van der Waals surface area contributed by atoms with Gasteiger partial charge in [-0.3, -0.25) is 4.90 Å². The monoisotopic (exact) mass is 307 g/mol. The van der Waals surface area contributed by atoms with Crippen LogP contribution < -0.4 is 4.78 Å². The van der Waals surface area contributed by atoms with E-state index in [2.05, 4.69) is 51.7 Å². The maximum absolute atomic E-state index is 6.14. The standard InChI is InChI=1S/C16H26BNO2S/c1-12(18-10-6-7-11-18)13-8-9-14(21-13)17-19-15(2,3)16(4,5)20-17/h8-9,12H,6-7,10-11H2,1-5H3. The molecule has 0 radical (unpaired) electrons. The Labute approximate surface area is 132 Å². The quantitative estimate of drug-likeness (QED) is 0.801. The van der Waals surface area contributed by atoms with Crippen LogP contribution in [0.1, 0.15) is 58.4 Å². The average molecular weight is 307 g/mol. The van der Waals surface area contributed by atoms with Crippen LogP contribution in [0.4, 0.5) is 0 Å². The summed E-state index contributed by atoms with van der Waals surface area (Å²) in [5.41, 5.74) is -0.523. The Bertz CT molecular complexity index is 492. The summed E-state index contributed by atoms with van der Waals surface area (Å²) < 4.78 is 13.5. The first kappa shape index (κ1) is 15.5. The second kappa shape index (κ2) is 5.37. The molecule has 2 fully saturated rings. The SMILES string of the molecule is CC(c1ccc(B2OC(C)(C)C(C)(C)O2)s1)N1CCCC1. The normalized spacial score (nSPS) is 26.4. The summed E-state index contributed by atoms with van der Waals surface area (Å²) in [6.07, 6.45) is 2.67. The summed E-state index contributed by atoms with van der Waals surface area (Å²) in [7, 11) is -0.223. The van der Waals surface area contributed by atoms with Gasteiger partial charge in [-0.05, 0) is 66.6 Å². The third-order valence-corrected chi connectivity index (χ3v) is 6.51. The lowest BCUT2D eigenvalue weighted by Gasteiger charge is -2.32. The van der Waals surface area contributed by atoms with Gasteiger partial charge in [-0.25, -0.2) is 0 Å². The second-order valence-electron chi connectivity index (χ2n) is 7.25. The molecule has 3 heterocycles. The van der Waals surface area contributed by atoms with Gasteiger partial charge in [-0.2, -0.15) is 0 Å². The fourth-order valence-corrected chi connectivity index (χ4v) is 4.04. The van der Waals surface area contributed by atoms with E-state index < -0.39 is 0 Å². The van der Waals surface area contributed by atoms with Crippen LogP contribution in [-0.4, -0.2) is 36.3 Å². The third kappa shape index (κ3) is 2.81. The minimum absolute atomic E-state index is 0.223. The summed E-state index contributed by atoms with van der Waals surface area (Å²) >= 11 is 1.83. The van der Waals surface area contributed by atoms with Crippen LogP contribution >= 0.6 is 11.3 Å². The summed E-state index contributed by atoms with van der Waals surface area (Å²) in [5.74, 6) is 0. The zero-order chi connectivity index (χ0) is 15.3. The molecule has 1 atom stereocenters. The molecular formula is C16H26BNO2S. The molecule has 0 amide bonds. The lowest BCUT2D eigenvalue weighted by molar-refractivity contribution is 0.00578. The molecule has 0 aliphatic carbocycles. The molecule has 2 saturated heterocycles. The largest absolute Gasteiger partial charge is 0.505 e. The number of nitrogens with zero attached hydrogens (tertiary/aromatic N) is 1. The van der Waals surface area contributed by atoms with Crippen molar-refractivity contribution in [3.8, 4) is 0 Å². The molecule has 0 spiro atoms. The van der Waals surface area contributed by atoms with Crippen LogP contribution in [0.15, 0.2) is 12.1 Å². The van der Waals surface area contributed by atoms with Gasteiger partial charge in [-0.1, -0.05) is 6.07 Å². The van der Waals surface area contributed by atoms with Gasteiger partial charge in [0.25, 0.3) is 0 Å². The lowest BCUT2D eigenvalue weighted by atomic mass is 9.88.